The van der Waals surface area contributed by atoms with Crippen LogP contribution < -0.4 is 10.2 Å². The molecule has 3 amide bonds. The molecule has 192 valence electrons. The van der Waals surface area contributed by atoms with E-state index < -0.39 is 5.54 Å². The summed E-state index contributed by atoms with van der Waals surface area (Å²) < 4.78 is 4.98. The van der Waals surface area contributed by atoms with Gasteiger partial charge in [-0.2, -0.15) is 0 Å². The molecule has 0 aromatic heterocycles. The van der Waals surface area contributed by atoms with Crippen molar-refractivity contribution in [1.29, 1.82) is 0 Å². The van der Waals surface area contributed by atoms with Crippen molar-refractivity contribution in [1.82, 2.24) is 15.1 Å². The topological polar surface area (TPSA) is 82.2 Å². The van der Waals surface area contributed by atoms with Crippen LogP contribution in [0.2, 0.25) is 10.0 Å². The number of hydrogen-bond acceptors (Lipinski definition) is 5. The zero-order valence-electron chi connectivity index (χ0n) is 20.2. The molecule has 8 nitrogen and oxygen atoms in total. The number of benzene rings is 2. The van der Waals surface area contributed by atoms with Gasteiger partial charge in [0, 0.05) is 42.5 Å². The first-order chi connectivity index (χ1) is 17.3. The Labute approximate surface area is 221 Å². The van der Waals surface area contributed by atoms with Crippen molar-refractivity contribution in [3.63, 3.8) is 0 Å². The normalized spacial score (nSPS) is 17.1. The quantitative estimate of drug-likeness (QED) is 0.565. The lowest BCUT2D eigenvalue weighted by molar-refractivity contribution is -0.141. The molecule has 4 rings (SSSR count). The fourth-order valence-corrected chi connectivity index (χ4v) is 5.46. The lowest BCUT2D eigenvalue weighted by atomic mass is 9.85. The van der Waals surface area contributed by atoms with Gasteiger partial charge < -0.3 is 24.8 Å². The Balaban J connectivity index is 1.42. The smallest absolute Gasteiger partial charge is 0.250 e. The Morgan fingerprint density at radius 3 is 2.47 bits per heavy atom. The molecule has 2 fully saturated rings. The van der Waals surface area contributed by atoms with E-state index in [1.54, 1.807) is 21.9 Å². The lowest BCUT2D eigenvalue weighted by Crippen LogP contribution is -2.57. The predicted molar refractivity (Wildman–Crippen MR) is 139 cm³/mol. The van der Waals surface area contributed by atoms with Crippen LogP contribution in [0.5, 0.6) is 0 Å². The number of ether oxygens (including phenoxy) is 1. The summed E-state index contributed by atoms with van der Waals surface area (Å²) in [5, 5.41) is 4.01. The standard InChI is InChI=1S/C26H30Cl2N4O4/c1-36-17-24(34)30-13-10-26(11-14-30)25(35)31(18-32(26)21-5-3-2-4-6-21)16-23(33)29-12-9-19-7-8-20(27)15-22(19)28/h2-8,15H,9-14,16-18H2,1H3,(H,29,33). The van der Waals surface area contributed by atoms with E-state index in [4.69, 9.17) is 27.9 Å². The molecule has 0 saturated carbocycles. The Morgan fingerprint density at radius 2 is 1.81 bits per heavy atom. The average molecular weight is 533 g/mol. The Hall–Kier alpha value is -2.81. The van der Waals surface area contributed by atoms with Gasteiger partial charge in [-0.25, -0.2) is 0 Å². The molecule has 2 aromatic carbocycles. The third kappa shape index (κ3) is 5.61. The van der Waals surface area contributed by atoms with Gasteiger partial charge in [0.25, 0.3) is 5.91 Å². The zero-order valence-corrected chi connectivity index (χ0v) is 21.7. The third-order valence-corrected chi connectivity index (χ3v) is 7.45. The molecule has 2 heterocycles. The van der Waals surface area contributed by atoms with Gasteiger partial charge in [0.05, 0.1) is 6.67 Å². The second-order valence-corrected chi connectivity index (χ2v) is 9.93. The van der Waals surface area contributed by atoms with Gasteiger partial charge in [-0.3, -0.25) is 14.4 Å². The van der Waals surface area contributed by atoms with E-state index in [2.05, 4.69) is 10.2 Å². The van der Waals surface area contributed by atoms with Crippen molar-refractivity contribution in [3.05, 3.63) is 64.1 Å². The van der Waals surface area contributed by atoms with Gasteiger partial charge in [-0.05, 0) is 49.1 Å². The fraction of sp³-hybridized carbons (Fsp3) is 0.423. The van der Waals surface area contributed by atoms with Crippen molar-refractivity contribution in [2.75, 3.05) is 51.5 Å². The number of rotatable bonds is 8. The lowest BCUT2D eigenvalue weighted by Gasteiger charge is -2.43. The van der Waals surface area contributed by atoms with Gasteiger partial charge in [0.1, 0.15) is 18.7 Å². The maximum atomic E-state index is 13.7. The van der Waals surface area contributed by atoms with E-state index in [0.29, 0.717) is 55.6 Å². The largest absolute Gasteiger partial charge is 0.375 e. The number of likely N-dealkylation sites (tertiary alicyclic amines) is 1. The summed E-state index contributed by atoms with van der Waals surface area (Å²) in [5.74, 6) is -0.395. The maximum absolute atomic E-state index is 13.7. The van der Waals surface area contributed by atoms with Crippen LogP contribution in [0.15, 0.2) is 48.5 Å². The number of nitrogens with zero attached hydrogens (tertiary/aromatic N) is 3. The molecule has 0 radical (unpaired) electrons. The molecule has 10 heteroatoms. The second-order valence-electron chi connectivity index (χ2n) is 9.09. The number of carbonyl (C=O) groups excluding carboxylic acids is 3. The van der Waals surface area contributed by atoms with Crippen LogP contribution in [0.1, 0.15) is 18.4 Å². The first-order valence-electron chi connectivity index (χ1n) is 11.9. The maximum Gasteiger partial charge on any atom is 0.250 e. The Kier molecular flexibility index (Phi) is 8.39. The van der Waals surface area contributed by atoms with Crippen molar-refractivity contribution < 1.29 is 19.1 Å². The van der Waals surface area contributed by atoms with E-state index in [9.17, 15) is 14.4 Å². The number of methoxy groups -OCH3 is 1. The summed E-state index contributed by atoms with van der Waals surface area (Å²) in [5.41, 5.74) is 1.02. The number of para-hydroxylation sites is 1. The third-order valence-electron chi connectivity index (χ3n) is 6.86. The molecule has 0 aliphatic carbocycles. The van der Waals surface area contributed by atoms with E-state index in [0.717, 1.165) is 11.3 Å². The van der Waals surface area contributed by atoms with Crippen LogP contribution in [0.25, 0.3) is 0 Å². The van der Waals surface area contributed by atoms with Crippen molar-refractivity contribution in [2.45, 2.75) is 24.8 Å². The van der Waals surface area contributed by atoms with Crippen LogP contribution in [0.4, 0.5) is 5.69 Å². The summed E-state index contributed by atoms with van der Waals surface area (Å²) in [7, 11) is 1.49. The molecule has 1 N–H and O–H groups in total. The summed E-state index contributed by atoms with van der Waals surface area (Å²) >= 11 is 12.2. The van der Waals surface area contributed by atoms with Crippen LogP contribution in [-0.2, 0) is 25.5 Å². The molecule has 1 spiro atoms. The van der Waals surface area contributed by atoms with Crippen molar-refractivity contribution in [2.24, 2.45) is 0 Å². The van der Waals surface area contributed by atoms with E-state index >= 15 is 0 Å². The summed E-state index contributed by atoms with van der Waals surface area (Å²) in [6, 6.07) is 15.0. The second kappa shape index (κ2) is 11.5. The molecular formula is C26H30Cl2N4O4. The van der Waals surface area contributed by atoms with E-state index in [1.165, 1.54) is 7.11 Å². The summed E-state index contributed by atoms with van der Waals surface area (Å²) in [6.07, 6.45) is 1.54. The van der Waals surface area contributed by atoms with Gasteiger partial charge >= 0.3 is 0 Å². The van der Waals surface area contributed by atoms with Crippen molar-refractivity contribution >= 4 is 46.6 Å². The summed E-state index contributed by atoms with van der Waals surface area (Å²) in [4.78, 5) is 44.2. The molecule has 36 heavy (non-hydrogen) atoms. The van der Waals surface area contributed by atoms with E-state index in [-0.39, 0.29) is 30.9 Å². The number of amides is 3. The van der Waals surface area contributed by atoms with Gasteiger partial charge in [-0.1, -0.05) is 47.5 Å². The molecule has 0 atom stereocenters. The fourth-order valence-electron chi connectivity index (χ4n) is 4.95. The molecule has 0 bridgehead atoms. The highest BCUT2D eigenvalue weighted by Gasteiger charge is 2.54. The average Bonchev–Trinajstić information content (AvgIpc) is 3.12. The number of piperidine rings is 1. The van der Waals surface area contributed by atoms with Crippen molar-refractivity contribution in [3.8, 4) is 0 Å². The SMILES string of the molecule is COCC(=O)N1CCC2(CC1)C(=O)N(CC(=O)NCCc1ccc(Cl)cc1Cl)CN2c1ccccc1. The molecule has 2 aliphatic heterocycles. The molecule has 0 unspecified atom stereocenters. The number of nitrogens with one attached hydrogen (secondary N) is 1. The number of halogens is 2. The molecule has 2 aliphatic rings. The van der Waals surface area contributed by atoms with E-state index in [1.807, 2.05) is 36.4 Å². The first-order valence-corrected chi connectivity index (χ1v) is 12.7. The molecular weight excluding hydrogens is 503 g/mol. The minimum atomic E-state index is -0.789. The highest BCUT2D eigenvalue weighted by molar-refractivity contribution is 6.35. The van der Waals surface area contributed by atoms with Crippen LogP contribution in [0, 0.1) is 0 Å². The molecule has 2 aromatic rings. The monoisotopic (exact) mass is 532 g/mol. The number of hydrogen-bond donors (Lipinski definition) is 1. The van der Waals surface area contributed by atoms with Gasteiger partial charge in [0.2, 0.25) is 11.8 Å². The van der Waals surface area contributed by atoms with Crippen LogP contribution >= 0.6 is 23.2 Å². The van der Waals surface area contributed by atoms with Gasteiger partial charge in [-0.15, -0.1) is 0 Å². The Morgan fingerprint density at radius 1 is 1.08 bits per heavy atom. The first kappa shape index (κ1) is 26.3. The molecule has 2 saturated heterocycles. The van der Waals surface area contributed by atoms with Crippen LogP contribution in [0.3, 0.4) is 0 Å². The number of carbonyl (C=O) groups is 3. The van der Waals surface area contributed by atoms with Crippen LogP contribution in [-0.4, -0.2) is 79.6 Å². The number of anilines is 1. The highest BCUT2D eigenvalue weighted by atomic mass is 35.5. The highest BCUT2D eigenvalue weighted by Crippen LogP contribution is 2.39. The van der Waals surface area contributed by atoms with Gasteiger partial charge in [0.15, 0.2) is 0 Å². The Bertz CT molecular complexity index is 1110. The minimum absolute atomic E-state index is 0.0247. The predicted octanol–water partition coefficient (Wildman–Crippen LogP) is 2.97. The zero-order chi connectivity index (χ0) is 25.7. The minimum Gasteiger partial charge on any atom is -0.375 e. The summed E-state index contributed by atoms with van der Waals surface area (Å²) in [6.45, 7) is 1.61.